The first-order chi connectivity index (χ1) is 7.31. The maximum atomic E-state index is 9.03. The molecule has 15 heavy (non-hydrogen) atoms. The van der Waals surface area contributed by atoms with Gasteiger partial charge in [-0.05, 0) is 38.0 Å². The highest BCUT2D eigenvalue weighted by Crippen LogP contribution is 2.39. The van der Waals surface area contributed by atoms with Gasteiger partial charge in [-0.3, -0.25) is 0 Å². The Morgan fingerprint density at radius 1 is 1.40 bits per heavy atom. The summed E-state index contributed by atoms with van der Waals surface area (Å²) in [5.41, 5.74) is 3.28. The van der Waals surface area contributed by atoms with Crippen molar-refractivity contribution in [3.63, 3.8) is 0 Å². The molecule has 0 aliphatic heterocycles. The average Bonchev–Trinajstić information content (AvgIpc) is 3.00. The van der Waals surface area contributed by atoms with E-state index in [4.69, 9.17) is 5.26 Å². The van der Waals surface area contributed by atoms with Crippen LogP contribution in [0.15, 0.2) is 24.3 Å². The van der Waals surface area contributed by atoms with E-state index < -0.39 is 0 Å². The molecule has 2 aromatic rings. The molecule has 0 amide bonds. The topological polar surface area (TPSA) is 28.7 Å². The number of rotatable bonds is 1. The molecular formula is C13H12N2. The number of hydrogen-bond donors (Lipinski definition) is 0. The highest BCUT2D eigenvalue weighted by atomic mass is 15.0. The Hall–Kier alpha value is -1.75. The fourth-order valence-electron chi connectivity index (χ4n) is 2.30. The third-order valence-corrected chi connectivity index (χ3v) is 3.11. The van der Waals surface area contributed by atoms with Crippen LogP contribution in [0.5, 0.6) is 0 Å². The number of aryl methyl sites for hydroxylation is 1. The number of hydrogen-bond acceptors (Lipinski definition) is 1. The summed E-state index contributed by atoms with van der Waals surface area (Å²) in [7, 11) is 0. The first-order valence-corrected chi connectivity index (χ1v) is 5.32. The maximum absolute atomic E-state index is 9.03. The van der Waals surface area contributed by atoms with Crippen molar-refractivity contribution < 1.29 is 0 Å². The zero-order chi connectivity index (χ0) is 10.4. The van der Waals surface area contributed by atoms with E-state index >= 15 is 0 Å². The Kier molecular flexibility index (Phi) is 1.63. The largest absolute Gasteiger partial charge is 0.342 e. The highest BCUT2D eigenvalue weighted by molar-refractivity contribution is 5.87. The van der Waals surface area contributed by atoms with E-state index in [9.17, 15) is 0 Å². The van der Waals surface area contributed by atoms with E-state index in [0.717, 1.165) is 10.9 Å². The molecule has 0 saturated heterocycles. The van der Waals surface area contributed by atoms with Crippen LogP contribution in [0.3, 0.4) is 0 Å². The van der Waals surface area contributed by atoms with Gasteiger partial charge < -0.3 is 4.57 Å². The lowest BCUT2D eigenvalue weighted by atomic mass is 10.1. The summed E-state index contributed by atoms with van der Waals surface area (Å²) in [4.78, 5) is 0. The number of benzene rings is 1. The summed E-state index contributed by atoms with van der Waals surface area (Å²) < 4.78 is 2.37. The molecule has 1 aliphatic carbocycles. The van der Waals surface area contributed by atoms with E-state index in [1.807, 2.05) is 12.1 Å². The molecule has 2 nitrogen and oxygen atoms in total. The van der Waals surface area contributed by atoms with Gasteiger partial charge in [0.25, 0.3) is 0 Å². The number of nitriles is 1. The molecule has 74 valence electrons. The Bertz CT molecular complexity index is 568. The van der Waals surface area contributed by atoms with E-state index in [0.29, 0.717) is 6.04 Å². The highest BCUT2D eigenvalue weighted by Gasteiger charge is 2.26. The molecule has 1 aromatic carbocycles. The van der Waals surface area contributed by atoms with Gasteiger partial charge in [-0.2, -0.15) is 5.26 Å². The van der Waals surface area contributed by atoms with Gasteiger partial charge in [0, 0.05) is 22.6 Å². The molecule has 0 unspecified atom stereocenters. The molecule has 3 rings (SSSR count). The lowest BCUT2D eigenvalue weighted by molar-refractivity contribution is 0.749. The van der Waals surface area contributed by atoms with Crippen LogP contribution in [0.2, 0.25) is 0 Å². The van der Waals surface area contributed by atoms with Gasteiger partial charge in [-0.1, -0.05) is 6.07 Å². The smallest absolute Gasteiger partial charge is 0.0998 e. The van der Waals surface area contributed by atoms with Crippen LogP contribution in [0, 0.1) is 18.3 Å². The Morgan fingerprint density at radius 3 is 2.87 bits per heavy atom. The molecule has 0 N–H and O–H groups in total. The van der Waals surface area contributed by atoms with Gasteiger partial charge in [0.15, 0.2) is 0 Å². The van der Waals surface area contributed by atoms with Crippen LogP contribution >= 0.6 is 0 Å². The third kappa shape index (κ3) is 1.16. The SMILES string of the molecule is Cc1cc2c(C#N)cccc2n1C1CC1. The van der Waals surface area contributed by atoms with Gasteiger partial charge in [-0.25, -0.2) is 0 Å². The van der Waals surface area contributed by atoms with Crippen LogP contribution < -0.4 is 0 Å². The van der Waals surface area contributed by atoms with Gasteiger partial charge in [-0.15, -0.1) is 0 Å². The minimum atomic E-state index is 0.677. The third-order valence-electron chi connectivity index (χ3n) is 3.11. The lowest BCUT2D eigenvalue weighted by Gasteiger charge is -2.05. The first-order valence-electron chi connectivity index (χ1n) is 5.32. The second-order valence-corrected chi connectivity index (χ2v) is 4.24. The minimum absolute atomic E-state index is 0.677. The molecule has 0 atom stereocenters. The van der Waals surface area contributed by atoms with E-state index in [1.165, 1.54) is 24.1 Å². The van der Waals surface area contributed by atoms with Crippen molar-refractivity contribution in [1.82, 2.24) is 4.57 Å². The predicted octanol–water partition coefficient (Wildman–Crippen LogP) is 3.16. The second kappa shape index (κ2) is 2.87. The van der Waals surface area contributed by atoms with Crippen molar-refractivity contribution in [3.05, 3.63) is 35.5 Å². The molecule has 1 saturated carbocycles. The van der Waals surface area contributed by atoms with E-state index in [1.54, 1.807) is 0 Å². The molecule has 0 bridgehead atoms. The molecule has 0 radical (unpaired) electrons. The van der Waals surface area contributed by atoms with Gasteiger partial charge in [0.05, 0.1) is 11.6 Å². The summed E-state index contributed by atoms with van der Waals surface area (Å²) in [6, 6.07) is 11.0. The van der Waals surface area contributed by atoms with Crippen LogP contribution in [0.1, 0.15) is 30.1 Å². The molecule has 2 heteroatoms. The van der Waals surface area contributed by atoms with Crippen molar-refractivity contribution in [3.8, 4) is 6.07 Å². The fourth-order valence-corrected chi connectivity index (χ4v) is 2.30. The number of nitrogens with zero attached hydrogens (tertiary/aromatic N) is 2. The number of aromatic nitrogens is 1. The Labute approximate surface area is 88.7 Å². The molecule has 0 spiro atoms. The van der Waals surface area contributed by atoms with Crippen LogP contribution in [0.4, 0.5) is 0 Å². The minimum Gasteiger partial charge on any atom is -0.342 e. The second-order valence-electron chi connectivity index (χ2n) is 4.24. The standard InChI is InChI=1S/C13H12N2/c1-9-7-12-10(8-14)3-2-4-13(12)15(9)11-5-6-11/h2-4,7,11H,5-6H2,1H3. The molecule has 1 heterocycles. The molecular weight excluding hydrogens is 184 g/mol. The number of fused-ring (bicyclic) bond motifs is 1. The molecule has 1 aromatic heterocycles. The van der Waals surface area contributed by atoms with Crippen molar-refractivity contribution in [2.75, 3.05) is 0 Å². The maximum Gasteiger partial charge on any atom is 0.0998 e. The van der Waals surface area contributed by atoms with Crippen LogP contribution in [0.25, 0.3) is 10.9 Å². The van der Waals surface area contributed by atoms with Crippen molar-refractivity contribution in [2.24, 2.45) is 0 Å². The first kappa shape index (κ1) is 8.55. The van der Waals surface area contributed by atoms with Gasteiger partial charge in [0.1, 0.15) is 0 Å². The quantitative estimate of drug-likeness (QED) is 0.688. The molecule has 1 fully saturated rings. The van der Waals surface area contributed by atoms with E-state index in [2.05, 4.69) is 29.7 Å². The van der Waals surface area contributed by atoms with Gasteiger partial charge >= 0.3 is 0 Å². The van der Waals surface area contributed by atoms with Crippen molar-refractivity contribution >= 4 is 10.9 Å². The van der Waals surface area contributed by atoms with Crippen molar-refractivity contribution in [2.45, 2.75) is 25.8 Å². The fraction of sp³-hybridized carbons (Fsp3) is 0.308. The summed E-state index contributed by atoms with van der Waals surface area (Å²) in [6.07, 6.45) is 2.56. The van der Waals surface area contributed by atoms with Gasteiger partial charge in [0.2, 0.25) is 0 Å². The zero-order valence-corrected chi connectivity index (χ0v) is 8.70. The Balaban J connectivity index is 2.37. The van der Waals surface area contributed by atoms with Crippen LogP contribution in [-0.2, 0) is 0 Å². The summed E-state index contributed by atoms with van der Waals surface area (Å²) in [6.45, 7) is 2.12. The normalized spacial score (nSPS) is 15.5. The summed E-state index contributed by atoms with van der Waals surface area (Å²) >= 11 is 0. The summed E-state index contributed by atoms with van der Waals surface area (Å²) in [5, 5.41) is 10.1. The average molecular weight is 196 g/mol. The summed E-state index contributed by atoms with van der Waals surface area (Å²) in [5.74, 6) is 0. The predicted molar refractivity (Wildman–Crippen MR) is 59.7 cm³/mol. The van der Waals surface area contributed by atoms with E-state index in [-0.39, 0.29) is 0 Å². The van der Waals surface area contributed by atoms with Crippen LogP contribution in [-0.4, -0.2) is 4.57 Å². The zero-order valence-electron chi connectivity index (χ0n) is 8.70. The Morgan fingerprint density at radius 2 is 2.20 bits per heavy atom. The molecule has 1 aliphatic rings. The monoisotopic (exact) mass is 196 g/mol. The lowest BCUT2D eigenvalue weighted by Crippen LogP contribution is -1.95. The van der Waals surface area contributed by atoms with Crippen molar-refractivity contribution in [1.29, 1.82) is 5.26 Å².